The minimum Gasteiger partial charge on any atom is -0.484 e. The first-order chi connectivity index (χ1) is 11.8. The van der Waals surface area contributed by atoms with Crippen molar-refractivity contribution < 1.29 is 17.9 Å². The van der Waals surface area contributed by atoms with Crippen molar-refractivity contribution in [2.75, 3.05) is 39.8 Å². The fourth-order valence-corrected chi connectivity index (χ4v) is 1.89. The lowest BCUT2D eigenvalue weighted by molar-refractivity contribution is -0.153. The molecular weight excluding hydrogens is 333 g/mol. The summed E-state index contributed by atoms with van der Waals surface area (Å²) in [6.45, 7) is 6.65. The number of aliphatic imine (C=N–C) groups is 1. The van der Waals surface area contributed by atoms with Crippen LogP contribution in [0, 0.1) is 0 Å². The average molecular weight is 360 g/mol. The Morgan fingerprint density at radius 2 is 1.84 bits per heavy atom. The molecule has 25 heavy (non-hydrogen) atoms. The van der Waals surface area contributed by atoms with Gasteiger partial charge in [0.15, 0.2) is 12.6 Å². The van der Waals surface area contributed by atoms with Gasteiger partial charge >= 0.3 is 6.18 Å². The first kappa shape index (κ1) is 21.1. The predicted molar refractivity (Wildman–Crippen MR) is 94.0 cm³/mol. The molecule has 0 aromatic heterocycles. The van der Waals surface area contributed by atoms with Gasteiger partial charge in [-0.05, 0) is 38.2 Å². The number of nitrogens with one attached hydrogen (secondary N) is 2. The zero-order valence-electron chi connectivity index (χ0n) is 15.0. The summed E-state index contributed by atoms with van der Waals surface area (Å²) in [5.41, 5.74) is 0.891. The maximum absolute atomic E-state index is 12.1. The molecule has 1 aromatic carbocycles. The Labute approximate surface area is 147 Å². The molecule has 0 spiro atoms. The lowest BCUT2D eigenvalue weighted by Gasteiger charge is -2.16. The molecule has 0 radical (unpaired) electrons. The summed E-state index contributed by atoms with van der Waals surface area (Å²) in [6, 6.07) is 6.47. The number of nitrogens with zero attached hydrogens (tertiary/aromatic N) is 2. The van der Waals surface area contributed by atoms with Crippen molar-refractivity contribution in [3.05, 3.63) is 29.8 Å². The molecule has 0 saturated carbocycles. The lowest BCUT2D eigenvalue weighted by Crippen LogP contribution is -2.40. The van der Waals surface area contributed by atoms with E-state index in [4.69, 9.17) is 0 Å². The minimum atomic E-state index is -4.33. The van der Waals surface area contributed by atoms with Crippen LogP contribution in [-0.4, -0.2) is 56.9 Å². The van der Waals surface area contributed by atoms with Crippen molar-refractivity contribution in [2.24, 2.45) is 4.99 Å². The zero-order valence-corrected chi connectivity index (χ0v) is 15.0. The Balaban J connectivity index is 2.51. The maximum Gasteiger partial charge on any atom is 0.422 e. The van der Waals surface area contributed by atoms with Crippen LogP contribution in [0.4, 0.5) is 13.2 Å². The molecule has 1 aromatic rings. The summed E-state index contributed by atoms with van der Waals surface area (Å²) >= 11 is 0. The topological polar surface area (TPSA) is 48.9 Å². The summed E-state index contributed by atoms with van der Waals surface area (Å²) in [4.78, 5) is 6.67. The smallest absolute Gasteiger partial charge is 0.422 e. The Bertz CT molecular complexity index is 518. The molecule has 0 heterocycles. The van der Waals surface area contributed by atoms with Crippen LogP contribution in [0.25, 0.3) is 0 Å². The summed E-state index contributed by atoms with van der Waals surface area (Å²) in [5, 5.41) is 6.42. The number of ether oxygens (including phenoxy) is 1. The number of benzene rings is 1. The van der Waals surface area contributed by atoms with E-state index < -0.39 is 12.8 Å². The molecule has 2 N–H and O–H groups in total. The number of rotatable bonds is 9. The van der Waals surface area contributed by atoms with E-state index in [1.807, 2.05) is 14.0 Å². The van der Waals surface area contributed by atoms with Crippen molar-refractivity contribution in [1.82, 2.24) is 15.5 Å². The minimum absolute atomic E-state index is 0.192. The average Bonchev–Trinajstić information content (AvgIpc) is 2.58. The Hall–Kier alpha value is -1.96. The summed E-state index contributed by atoms with van der Waals surface area (Å²) in [6.07, 6.45) is -4.33. The van der Waals surface area contributed by atoms with Crippen LogP contribution in [0.3, 0.4) is 0 Å². The quantitative estimate of drug-likeness (QED) is 0.525. The van der Waals surface area contributed by atoms with Crippen LogP contribution in [0.15, 0.2) is 29.3 Å². The van der Waals surface area contributed by atoms with Gasteiger partial charge in [-0.1, -0.05) is 19.1 Å². The largest absolute Gasteiger partial charge is 0.484 e. The van der Waals surface area contributed by atoms with E-state index in [9.17, 15) is 13.2 Å². The van der Waals surface area contributed by atoms with Gasteiger partial charge in [0.25, 0.3) is 0 Å². The van der Waals surface area contributed by atoms with Crippen LogP contribution < -0.4 is 15.4 Å². The van der Waals surface area contributed by atoms with E-state index in [2.05, 4.69) is 32.2 Å². The normalized spacial score (nSPS) is 12.4. The molecule has 0 fully saturated rings. The fraction of sp³-hybridized carbons (Fsp3) is 0.588. The second kappa shape index (κ2) is 10.8. The van der Waals surface area contributed by atoms with Gasteiger partial charge in [0.2, 0.25) is 0 Å². The van der Waals surface area contributed by atoms with Crippen LogP contribution in [0.2, 0.25) is 0 Å². The van der Waals surface area contributed by atoms with Crippen molar-refractivity contribution in [1.29, 1.82) is 0 Å². The van der Waals surface area contributed by atoms with Crippen LogP contribution in [-0.2, 0) is 6.54 Å². The highest BCUT2D eigenvalue weighted by Crippen LogP contribution is 2.19. The Morgan fingerprint density at radius 3 is 2.40 bits per heavy atom. The highest BCUT2D eigenvalue weighted by molar-refractivity contribution is 5.79. The van der Waals surface area contributed by atoms with Gasteiger partial charge in [0, 0.05) is 19.6 Å². The molecule has 0 aliphatic heterocycles. The van der Waals surface area contributed by atoms with Crippen molar-refractivity contribution >= 4 is 5.96 Å². The van der Waals surface area contributed by atoms with E-state index in [0.717, 1.165) is 31.7 Å². The fourth-order valence-electron chi connectivity index (χ4n) is 1.89. The zero-order chi connectivity index (χ0) is 18.7. The summed E-state index contributed by atoms with van der Waals surface area (Å²) in [7, 11) is 2.05. The number of likely N-dealkylation sites (N-methyl/N-ethyl adjacent to an activating group) is 1. The van der Waals surface area contributed by atoms with E-state index in [-0.39, 0.29) is 5.75 Å². The highest BCUT2D eigenvalue weighted by atomic mass is 19.4. The second-order valence-electron chi connectivity index (χ2n) is 5.57. The predicted octanol–water partition coefficient (Wildman–Crippen LogP) is 2.63. The first-order valence-corrected chi connectivity index (χ1v) is 8.33. The molecule has 0 unspecified atom stereocenters. The van der Waals surface area contributed by atoms with Gasteiger partial charge in [0.05, 0.1) is 6.54 Å². The molecule has 0 atom stereocenters. The van der Waals surface area contributed by atoms with Gasteiger partial charge in [-0.2, -0.15) is 13.2 Å². The van der Waals surface area contributed by atoms with Gasteiger partial charge in [-0.15, -0.1) is 0 Å². The molecule has 0 aliphatic carbocycles. The van der Waals surface area contributed by atoms with Crippen molar-refractivity contribution in [3.8, 4) is 5.75 Å². The van der Waals surface area contributed by atoms with Gasteiger partial charge in [0.1, 0.15) is 5.75 Å². The molecule has 0 aliphatic rings. The first-order valence-electron chi connectivity index (χ1n) is 8.33. The number of hydrogen-bond acceptors (Lipinski definition) is 3. The van der Waals surface area contributed by atoms with E-state index in [1.165, 1.54) is 12.1 Å². The number of alkyl halides is 3. The van der Waals surface area contributed by atoms with Crippen molar-refractivity contribution in [2.45, 2.75) is 26.6 Å². The van der Waals surface area contributed by atoms with Crippen molar-refractivity contribution in [3.63, 3.8) is 0 Å². The standard InChI is InChI=1S/C17H27F3N4O/c1-4-21-16(22-10-11-24(3)5-2)23-12-14-6-8-15(9-7-14)25-13-17(18,19)20/h6-9H,4-5,10-13H2,1-3H3,(H2,21,22,23). The summed E-state index contributed by atoms with van der Waals surface area (Å²) in [5.74, 6) is 0.905. The maximum atomic E-state index is 12.1. The molecule has 8 heteroatoms. The summed E-state index contributed by atoms with van der Waals surface area (Å²) < 4.78 is 41.0. The molecule has 142 valence electrons. The van der Waals surface area contributed by atoms with E-state index >= 15 is 0 Å². The second-order valence-corrected chi connectivity index (χ2v) is 5.57. The SMILES string of the molecule is CCNC(=NCc1ccc(OCC(F)(F)F)cc1)NCCN(C)CC. The molecule has 0 amide bonds. The van der Waals surface area contributed by atoms with Gasteiger partial charge in [-0.3, -0.25) is 0 Å². The van der Waals surface area contributed by atoms with E-state index in [0.29, 0.717) is 12.5 Å². The molecule has 1 rings (SSSR count). The van der Waals surface area contributed by atoms with Gasteiger partial charge < -0.3 is 20.3 Å². The third-order valence-corrected chi connectivity index (χ3v) is 3.42. The highest BCUT2D eigenvalue weighted by Gasteiger charge is 2.28. The number of halogens is 3. The van der Waals surface area contributed by atoms with Gasteiger partial charge in [-0.25, -0.2) is 4.99 Å². The lowest BCUT2D eigenvalue weighted by atomic mass is 10.2. The molecule has 5 nitrogen and oxygen atoms in total. The van der Waals surface area contributed by atoms with E-state index in [1.54, 1.807) is 12.1 Å². The number of hydrogen-bond donors (Lipinski definition) is 2. The Morgan fingerprint density at radius 1 is 1.16 bits per heavy atom. The van der Waals surface area contributed by atoms with Crippen LogP contribution in [0.5, 0.6) is 5.75 Å². The molecule has 0 bridgehead atoms. The Kier molecular flexibility index (Phi) is 9.12. The molecular formula is C17H27F3N4O. The number of guanidine groups is 1. The van der Waals surface area contributed by atoms with Crippen LogP contribution in [0.1, 0.15) is 19.4 Å². The van der Waals surface area contributed by atoms with Crippen LogP contribution >= 0.6 is 0 Å². The molecule has 0 saturated heterocycles. The third-order valence-electron chi connectivity index (χ3n) is 3.42. The third kappa shape index (κ3) is 9.81. The monoisotopic (exact) mass is 360 g/mol.